The molecule has 2 aliphatic rings. The molecule has 1 amide bonds. The summed E-state index contributed by atoms with van der Waals surface area (Å²) >= 11 is 0. The highest BCUT2D eigenvalue weighted by molar-refractivity contribution is 5.99. The SMILES string of the molecule is COc1cc(C)c(C(=O)C2CC3CCC(C2)N3C(=O)OCc2ccccc2)cn1. The molecule has 0 saturated carbocycles. The van der Waals surface area contributed by atoms with Gasteiger partial charge in [0, 0.05) is 35.8 Å². The molecule has 0 spiro atoms. The van der Waals surface area contributed by atoms with Gasteiger partial charge >= 0.3 is 6.09 Å². The summed E-state index contributed by atoms with van der Waals surface area (Å²) in [5.41, 5.74) is 2.50. The molecular formula is C23H26N2O4. The van der Waals surface area contributed by atoms with E-state index < -0.39 is 0 Å². The van der Waals surface area contributed by atoms with Crippen molar-refractivity contribution in [3.63, 3.8) is 0 Å². The average Bonchev–Trinajstić information content (AvgIpc) is 3.01. The molecule has 2 atom stereocenters. The third-order valence-corrected chi connectivity index (χ3v) is 6.08. The molecule has 2 bridgehead atoms. The van der Waals surface area contributed by atoms with Crippen LogP contribution in [-0.4, -0.2) is 41.0 Å². The third kappa shape index (κ3) is 3.97. The highest BCUT2D eigenvalue weighted by Gasteiger charge is 2.46. The van der Waals surface area contributed by atoms with E-state index in [1.165, 1.54) is 0 Å². The van der Waals surface area contributed by atoms with E-state index in [2.05, 4.69) is 4.98 Å². The van der Waals surface area contributed by atoms with Crippen LogP contribution in [0.3, 0.4) is 0 Å². The van der Waals surface area contributed by atoms with Crippen LogP contribution in [0.4, 0.5) is 4.79 Å². The van der Waals surface area contributed by atoms with Crippen LogP contribution in [0.2, 0.25) is 0 Å². The van der Waals surface area contributed by atoms with E-state index in [1.54, 1.807) is 19.4 Å². The number of piperidine rings is 1. The number of ether oxygens (including phenoxy) is 2. The fourth-order valence-corrected chi connectivity index (χ4v) is 4.60. The summed E-state index contributed by atoms with van der Waals surface area (Å²) in [5.74, 6) is 0.543. The maximum Gasteiger partial charge on any atom is 0.410 e. The molecule has 2 fully saturated rings. The molecule has 29 heavy (non-hydrogen) atoms. The largest absolute Gasteiger partial charge is 0.481 e. The molecule has 0 N–H and O–H groups in total. The lowest BCUT2D eigenvalue weighted by molar-refractivity contribution is 0.0484. The summed E-state index contributed by atoms with van der Waals surface area (Å²) in [6.45, 7) is 2.18. The van der Waals surface area contributed by atoms with Gasteiger partial charge in [-0.1, -0.05) is 30.3 Å². The van der Waals surface area contributed by atoms with Crippen molar-refractivity contribution >= 4 is 11.9 Å². The summed E-state index contributed by atoms with van der Waals surface area (Å²) in [6.07, 6.45) is 4.56. The van der Waals surface area contributed by atoms with Crippen molar-refractivity contribution in [3.8, 4) is 5.88 Å². The van der Waals surface area contributed by atoms with Gasteiger partial charge in [0.2, 0.25) is 5.88 Å². The zero-order chi connectivity index (χ0) is 20.4. The first-order chi connectivity index (χ1) is 14.1. The molecule has 6 nitrogen and oxygen atoms in total. The van der Waals surface area contributed by atoms with E-state index >= 15 is 0 Å². The molecule has 0 aliphatic carbocycles. The van der Waals surface area contributed by atoms with E-state index in [9.17, 15) is 9.59 Å². The monoisotopic (exact) mass is 394 g/mol. The Labute approximate surface area is 170 Å². The fraction of sp³-hybridized carbons (Fsp3) is 0.435. The van der Waals surface area contributed by atoms with Crippen molar-refractivity contribution in [2.45, 2.75) is 51.3 Å². The molecule has 1 aromatic carbocycles. The van der Waals surface area contributed by atoms with Gasteiger partial charge in [-0.2, -0.15) is 0 Å². The smallest absolute Gasteiger partial charge is 0.410 e. The van der Waals surface area contributed by atoms with E-state index in [0.717, 1.165) is 24.0 Å². The maximum atomic E-state index is 13.1. The number of hydrogen-bond acceptors (Lipinski definition) is 5. The number of benzene rings is 1. The van der Waals surface area contributed by atoms with Crippen LogP contribution >= 0.6 is 0 Å². The van der Waals surface area contributed by atoms with Crippen LogP contribution in [-0.2, 0) is 11.3 Å². The van der Waals surface area contributed by atoms with Crippen LogP contribution in [0.5, 0.6) is 5.88 Å². The number of rotatable bonds is 5. The molecule has 4 rings (SSSR count). The third-order valence-electron chi connectivity index (χ3n) is 6.08. The molecule has 3 heterocycles. The van der Waals surface area contributed by atoms with Crippen molar-refractivity contribution < 1.29 is 19.1 Å². The van der Waals surface area contributed by atoms with Crippen LogP contribution in [0.1, 0.15) is 47.2 Å². The molecular weight excluding hydrogens is 368 g/mol. The van der Waals surface area contributed by atoms with E-state index in [-0.39, 0.29) is 36.5 Å². The quantitative estimate of drug-likeness (QED) is 0.712. The predicted molar refractivity (Wildman–Crippen MR) is 108 cm³/mol. The maximum absolute atomic E-state index is 13.1. The van der Waals surface area contributed by atoms with Crippen molar-refractivity contribution in [1.82, 2.24) is 9.88 Å². The second-order valence-electron chi connectivity index (χ2n) is 7.91. The zero-order valence-electron chi connectivity index (χ0n) is 16.8. The van der Waals surface area contributed by atoms with Crippen LogP contribution in [0, 0.1) is 12.8 Å². The predicted octanol–water partition coefficient (Wildman–Crippen LogP) is 4.16. The number of methoxy groups -OCH3 is 1. The van der Waals surface area contributed by atoms with Gasteiger partial charge in [-0.3, -0.25) is 4.79 Å². The number of amides is 1. The first-order valence-corrected chi connectivity index (χ1v) is 10.1. The van der Waals surface area contributed by atoms with Crippen molar-refractivity contribution in [2.24, 2.45) is 5.92 Å². The number of carbonyl (C=O) groups excluding carboxylic acids is 2. The van der Waals surface area contributed by atoms with Gasteiger partial charge < -0.3 is 14.4 Å². The Morgan fingerprint density at radius 2 is 1.83 bits per heavy atom. The Morgan fingerprint density at radius 3 is 2.45 bits per heavy atom. The Hall–Kier alpha value is -2.89. The second kappa shape index (κ2) is 8.23. The number of pyridine rings is 1. The molecule has 152 valence electrons. The minimum absolute atomic E-state index is 0.0671. The molecule has 6 heteroatoms. The number of fused-ring (bicyclic) bond motifs is 2. The normalized spacial score (nSPS) is 23.0. The van der Waals surface area contributed by atoms with Crippen molar-refractivity contribution in [3.05, 3.63) is 59.3 Å². The van der Waals surface area contributed by atoms with Crippen molar-refractivity contribution in [1.29, 1.82) is 0 Å². The van der Waals surface area contributed by atoms with Crippen LogP contribution in [0.15, 0.2) is 42.6 Å². The van der Waals surface area contributed by atoms with Gasteiger partial charge in [0.15, 0.2) is 5.78 Å². The lowest BCUT2D eigenvalue weighted by Gasteiger charge is -2.37. The number of aryl methyl sites for hydroxylation is 1. The Balaban J connectivity index is 1.41. The van der Waals surface area contributed by atoms with E-state index in [0.29, 0.717) is 24.3 Å². The van der Waals surface area contributed by atoms with Crippen molar-refractivity contribution in [2.75, 3.05) is 7.11 Å². The lowest BCUT2D eigenvalue weighted by Crippen LogP contribution is -2.48. The zero-order valence-corrected chi connectivity index (χ0v) is 16.8. The average molecular weight is 394 g/mol. The van der Waals surface area contributed by atoms with Gasteiger partial charge in [-0.25, -0.2) is 9.78 Å². The highest BCUT2D eigenvalue weighted by atomic mass is 16.6. The van der Waals surface area contributed by atoms with Crippen LogP contribution in [0.25, 0.3) is 0 Å². The Kier molecular flexibility index (Phi) is 5.51. The summed E-state index contributed by atoms with van der Waals surface area (Å²) in [6, 6.07) is 11.6. The Morgan fingerprint density at radius 1 is 1.14 bits per heavy atom. The van der Waals surface area contributed by atoms with Gasteiger partial charge in [0.1, 0.15) is 6.61 Å². The van der Waals surface area contributed by atoms with Crippen LogP contribution < -0.4 is 4.74 Å². The lowest BCUT2D eigenvalue weighted by atomic mass is 9.84. The number of ketones is 1. The van der Waals surface area contributed by atoms with E-state index in [4.69, 9.17) is 9.47 Å². The second-order valence-corrected chi connectivity index (χ2v) is 7.91. The van der Waals surface area contributed by atoms with Gasteiger partial charge in [-0.15, -0.1) is 0 Å². The van der Waals surface area contributed by atoms with Gasteiger partial charge in [0.05, 0.1) is 7.11 Å². The summed E-state index contributed by atoms with van der Waals surface area (Å²) in [5, 5.41) is 0. The molecule has 2 unspecified atom stereocenters. The topological polar surface area (TPSA) is 68.7 Å². The first kappa shape index (κ1) is 19.4. The summed E-state index contributed by atoms with van der Waals surface area (Å²) < 4.78 is 10.7. The number of Topliss-reactive ketones (excluding diaryl/α,β-unsaturated/α-hetero) is 1. The fourth-order valence-electron chi connectivity index (χ4n) is 4.60. The number of aromatic nitrogens is 1. The number of hydrogen-bond donors (Lipinski definition) is 0. The minimum atomic E-state index is -0.269. The van der Waals surface area contributed by atoms with E-state index in [1.807, 2.05) is 42.2 Å². The summed E-state index contributed by atoms with van der Waals surface area (Å²) in [4.78, 5) is 31.9. The van der Waals surface area contributed by atoms with Gasteiger partial charge in [-0.05, 0) is 43.7 Å². The molecule has 0 radical (unpaired) electrons. The number of nitrogens with zero attached hydrogens (tertiary/aromatic N) is 2. The Bertz CT molecular complexity index is 885. The standard InChI is InChI=1S/C23H26N2O4/c1-15-10-21(28-2)24-13-20(15)22(26)17-11-18-8-9-19(12-17)25(18)23(27)29-14-16-6-4-3-5-7-16/h3-7,10,13,17-19H,8-9,11-12,14H2,1-2H3. The summed E-state index contributed by atoms with van der Waals surface area (Å²) in [7, 11) is 1.56. The molecule has 2 saturated heterocycles. The molecule has 1 aromatic heterocycles. The molecule has 2 aliphatic heterocycles. The highest BCUT2D eigenvalue weighted by Crippen LogP contribution is 2.40. The minimum Gasteiger partial charge on any atom is -0.481 e. The number of carbonyl (C=O) groups is 2. The van der Waals surface area contributed by atoms with Gasteiger partial charge in [0.25, 0.3) is 0 Å². The molecule has 2 aromatic rings. The first-order valence-electron chi connectivity index (χ1n) is 10.1.